The number of nitrogens with two attached hydrogens (primary N) is 1. The molecule has 0 radical (unpaired) electrons. The van der Waals surface area contributed by atoms with Gasteiger partial charge in [-0.05, 0) is 19.3 Å². The molecule has 1 aromatic rings. The van der Waals surface area contributed by atoms with Crippen LogP contribution in [0, 0.1) is 0 Å². The van der Waals surface area contributed by atoms with Crippen LogP contribution < -0.4 is 5.73 Å². The molecule has 13 heavy (non-hydrogen) atoms. The van der Waals surface area contributed by atoms with Crippen molar-refractivity contribution in [3.63, 3.8) is 0 Å². The summed E-state index contributed by atoms with van der Waals surface area (Å²) in [6, 6.07) is 0. The third kappa shape index (κ3) is 1.63. The third-order valence-electron chi connectivity index (χ3n) is 2.75. The van der Waals surface area contributed by atoms with E-state index in [0.717, 1.165) is 12.3 Å². The van der Waals surface area contributed by atoms with Gasteiger partial charge in [-0.1, -0.05) is 13.3 Å². The average molecular weight is 196 g/mol. The fourth-order valence-electron chi connectivity index (χ4n) is 1.71. The van der Waals surface area contributed by atoms with Crippen LogP contribution in [0.2, 0.25) is 0 Å². The molecule has 0 bridgehead atoms. The molecule has 0 aliphatic heterocycles. The largest absolute Gasteiger partial charge is 0.326 e. The van der Waals surface area contributed by atoms with Gasteiger partial charge in [0.1, 0.15) is 0 Å². The molecule has 72 valence electrons. The molecule has 0 saturated heterocycles. The molecule has 1 heterocycles. The Morgan fingerprint density at radius 3 is 2.77 bits per heavy atom. The van der Waals surface area contributed by atoms with Gasteiger partial charge >= 0.3 is 0 Å². The van der Waals surface area contributed by atoms with Crippen molar-refractivity contribution >= 4 is 11.3 Å². The van der Waals surface area contributed by atoms with Crippen molar-refractivity contribution in [2.45, 2.75) is 45.1 Å². The summed E-state index contributed by atoms with van der Waals surface area (Å²) >= 11 is 1.80. The first-order valence-electron chi connectivity index (χ1n) is 5.03. The molecule has 0 amide bonds. The normalized spacial score (nSPS) is 17.4. The smallest absolute Gasteiger partial charge is 0.0929 e. The minimum absolute atomic E-state index is 0.670. The highest BCUT2D eigenvalue weighted by Crippen LogP contribution is 2.39. The number of hydrogen-bond donors (Lipinski definition) is 1. The highest BCUT2D eigenvalue weighted by molar-refractivity contribution is 7.11. The van der Waals surface area contributed by atoms with Crippen LogP contribution in [0.5, 0.6) is 0 Å². The Balaban J connectivity index is 2.25. The zero-order valence-electron chi connectivity index (χ0n) is 8.05. The summed E-state index contributed by atoms with van der Waals surface area (Å²) in [7, 11) is 0. The van der Waals surface area contributed by atoms with Crippen molar-refractivity contribution < 1.29 is 0 Å². The molecule has 2 rings (SSSR count). The lowest BCUT2D eigenvalue weighted by Gasteiger charge is -2.24. The maximum atomic E-state index is 5.71. The van der Waals surface area contributed by atoms with Gasteiger partial charge in [-0.15, -0.1) is 11.3 Å². The molecular weight excluding hydrogens is 180 g/mol. The second-order valence-corrected chi connectivity index (χ2v) is 4.77. The lowest BCUT2D eigenvalue weighted by molar-refractivity contribution is 0.410. The van der Waals surface area contributed by atoms with E-state index < -0.39 is 0 Å². The van der Waals surface area contributed by atoms with Gasteiger partial charge in [0.2, 0.25) is 0 Å². The summed E-state index contributed by atoms with van der Waals surface area (Å²) in [4.78, 5) is 5.98. The zero-order valence-corrected chi connectivity index (χ0v) is 8.86. The first kappa shape index (κ1) is 9.16. The van der Waals surface area contributed by atoms with E-state index in [0.29, 0.717) is 6.54 Å². The van der Waals surface area contributed by atoms with E-state index in [1.54, 1.807) is 11.3 Å². The first-order valence-corrected chi connectivity index (χ1v) is 5.85. The average Bonchev–Trinajstić information content (AvgIpc) is 2.45. The number of thiazole rings is 1. The minimum atomic E-state index is 0.670. The fraction of sp³-hybridized carbons (Fsp3) is 0.700. The van der Waals surface area contributed by atoms with E-state index in [-0.39, 0.29) is 0 Å². The molecule has 1 aliphatic rings. The van der Waals surface area contributed by atoms with Crippen LogP contribution in [0.25, 0.3) is 0 Å². The maximum absolute atomic E-state index is 5.71. The van der Waals surface area contributed by atoms with Crippen LogP contribution in [-0.2, 0) is 13.0 Å². The zero-order chi connectivity index (χ0) is 9.26. The van der Waals surface area contributed by atoms with Crippen LogP contribution in [-0.4, -0.2) is 4.98 Å². The highest BCUT2D eigenvalue weighted by atomic mass is 32.1. The first-order chi connectivity index (χ1) is 6.35. The van der Waals surface area contributed by atoms with Crippen LogP contribution in [0.1, 0.15) is 47.7 Å². The molecule has 0 atom stereocenters. The number of aromatic nitrogens is 1. The van der Waals surface area contributed by atoms with E-state index in [2.05, 4.69) is 11.9 Å². The Labute approximate surface area is 83.2 Å². The van der Waals surface area contributed by atoms with Gasteiger partial charge < -0.3 is 5.73 Å². The van der Waals surface area contributed by atoms with Crippen molar-refractivity contribution in [2.24, 2.45) is 5.73 Å². The van der Waals surface area contributed by atoms with Gasteiger partial charge in [-0.2, -0.15) is 0 Å². The number of rotatable bonds is 3. The Morgan fingerprint density at radius 1 is 1.54 bits per heavy atom. The lowest BCUT2D eigenvalue weighted by Crippen LogP contribution is -2.12. The molecule has 1 fully saturated rings. The lowest BCUT2D eigenvalue weighted by atomic mass is 9.82. The molecule has 1 saturated carbocycles. The number of nitrogens with zero attached hydrogens (tertiary/aromatic N) is 1. The predicted octanol–water partition coefficient (Wildman–Crippen LogP) is 2.43. The molecule has 1 aliphatic carbocycles. The van der Waals surface area contributed by atoms with Crippen molar-refractivity contribution in [3.8, 4) is 0 Å². The van der Waals surface area contributed by atoms with Crippen LogP contribution >= 0.6 is 11.3 Å². The van der Waals surface area contributed by atoms with E-state index >= 15 is 0 Å². The van der Waals surface area contributed by atoms with E-state index in [1.807, 2.05) is 0 Å². The minimum Gasteiger partial charge on any atom is -0.326 e. The molecule has 3 heteroatoms. The van der Waals surface area contributed by atoms with Crippen molar-refractivity contribution in [1.82, 2.24) is 4.98 Å². The molecule has 1 aromatic heterocycles. The Kier molecular flexibility index (Phi) is 2.65. The van der Waals surface area contributed by atoms with Crippen molar-refractivity contribution in [2.75, 3.05) is 0 Å². The number of aryl methyl sites for hydroxylation is 1. The Hall–Kier alpha value is -0.410. The molecular formula is C10H16N2S. The van der Waals surface area contributed by atoms with Crippen molar-refractivity contribution in [1.29, 1.82) is 0 Å². The summed E-state index contributed by atoms with van der Waals surface area (Å²) in [6.07, 6.45) is 5.05. The Morgan fingerprint density at radius 2 is 2.31 bits per heavy atom. The quantitative estimate of drug-likeness (QED) is 0.806. The van der Waals surface area contributed by atoms with Crippen molar-refractivity contribution in [3.05, 3.63) is 15.6 Å². The second-order valence-electron chi connectivity index (χ2n) is 3.60. The van der Waals surface area contributed by atoms with E-state index in [4.69, 9.17) is 5.73 Å². The monoisotopic (exact) mass is 196 g/mol. The summed E-state index contributed by atoms with van der Waals surface area (Å²) in [5.41, 5.74) is 7.02. The molecule has 2 nitrogen and oxygen atoms in total. The van der Waals surface area contributed by atoms with Gasteiger partial charge in [0.05, 0.1) is 10.7 Å². The number of hydrogen-bond acceptors (Lipinski definition) is 3. The molecule has 0 unspecified atom stereocenters. The van der Waals surface area contributed by atoms with E-state index in [1.165, 1.54) is 34.8 Å². The predicted molar refractivity (Wildman–Crippen MR) is 56.0 cm³/mol. The summed E-state index contributed by atoms with van der Waals surface area (Å²) in [6.45, 7) is 2.83. The second kappa shape index (κ2) is 3.76. The molecule has 0 aromatic carbocycles. The van der Waals surface area contributed by atoms with Gasteiger partial charge in [-0.25, -0.2) is 4.98 Å². The molecule has 2 N–H and O–H groups in total. The summed E-state index contributed by atoms with van der Waals surface area (Å²) in [5, 5.41) is 1.25. The van der Waals surface area contributed by atoms with Gasteiger partial charge in [0, 0.05) is 17.3 Å². The van der Waals surface area contributed by atoms with Gasteiger partial charge in [-0.3, -0.25) is 0 Å². The summed E-state index contributed by atoms with van der Waals surface area (Å²) in [5.74, 6) is 0.732. The topological polar surface area (TPSA) is 38.9 Å². The Bertz CT molecular complexity index is 289. The standard InChI is InChI=1S/C10H16N2S/c1-2-9-12-10(7-4-3-5-7)8(6-11)13-9/h7H,2-6,11H2,1H3. The van der Waals surface area contributed by atoms with Crippen LogP contribution in [0.15, 0.2) is 0 Å². The third-order valence-corrected chi connectivity index (χ3v) is 3.99. The van der Waals surface area contributed by atoms with Crippen LogP contribution in [0.3, 0.4) is 0 Å². The maximum Gasteiger partial charge on any atom is 0.0929 e. The summed E-state index contributed by atoms with van der Waals surface area (Å²) < 4.78 is 0. The van der Waals surface area contributed by atoms with Gasteiger partial charge in [0.25, 0.3) is 0 Å². The fourth-order valence-corrected chi connectivity index (χ4v) is 2.69. The highest BCUT2D eigenvalue weighted by Gasteiger charge is 2.24. The van der Waals surface area contributed by atoms with Gasteiger partial charge in [0.15, 0.2) is 0 Å². The molecule has 0 spiro atoms. The SMILES string of the molecule is CCc1nc(C2CCC2)c(CN)s1. The van der Waals surface area contributed by atoms with E-state index in [9.17, 15) is 0 Å². The van der Waals surface area contributed by atoms with Crippen LogP contribution in [0.4, 0.5) is 0 Å².